The maximum atomic E-state index is 13.8. The number of hydrogen-bond acceptors (Lipinski definition) is 4. The van der Waals surface area contributed by atoms with Crippen molar-refractivity contribution in [2.45, 2.75) is 13.1 Å². The molecule has 0 unspecified atom stereocenters. The molecule has 7 heteroatoms. The van der Waals surface area contributed by atoms with Crippen molar-refractivity contribution in [1.82, 2.24) is 10.3 Å². The Morgan fingerprint density at radius 1 is 1.43 bits per heavy atom. The van der Waals surface area contributed by atoms with Crippen LogP contribution in [0.5, 0.6) is 0 Å². The van der Waals surface area contributed by atoms with Crippen molar-refractivity contribution in [2.24, 2.45) is 5.84 Å². The number of rotatable bonds is 5. The van der Waals surface area contributed by atoms with Crippen LogP contribution >= 0.6 is 27.3 Å². The SMILES string of the molecule is CN(Cc1csc(Br)c1)Cc1cc(C(=O)NN)ccc1F. The summed E-state index contributed by atoms with van der Waals surface area (Å²) in [6.45, 7) is 1.11. The fourth-order valence-corrected chi connectivity index (χ4v) is 3.21. The number of benzene rings is 1. The molecule has 0 aliphatic rings. The van der Waals surface area contributed by atoms with E-state index in [-0.39, 0.29) is 5.82 Å². The Hall–Kier alpha value is -1.28. The fraction of sp³-hybridized carbons (Fsp3) is 0.214. The zero-order valence-corrected chi connectivity index (χ0v) is 13.8. The van der Waals surface area contributed by atoms with Gasteiger partial charge in [0.15, 0.2) is 0 Å². The minimum Gasteiger partial charge on any atom is -0.298 e. The van der Waals surface area contributed by atoms with E-state index in [0.717, 1.165) is 9.35 Å². The summed E-state index contributed by atoms with van der Waals surface area (Å²) < 4.78 is 14.9. The van der Waals surface area contributed by atoms with Gasteiger partial charge in [-0.2, -0.15) is 0 Å². The third-order valence-corrected chi connectivity index (χ3v) is 4.51. The Morgan fingerprint density at radius 3 is 2.81 bits per heavy atom. The van der Waals surface area contributed by atoms with E-state index in [2.05, 4.69) is 21.3 Å². The molecule has 0 bridgehead atoms. The van der Waals surface area contributed by atoms with Gasteiger partial charge in [0.2, 0.25) is 0 Å². The average Bonchev–Trinajstić information content (AvgIpc) is 2.85. The number of amides is 1. The number of carbonyl (C=O) groups excluding carboxylic acids is 1. The Morgan fingerprint density at radius 2 is 2.19 bits per heavy atom. The molecule has 0 saturated heterocycles. The van der Waals surface area contributed by atoms with Crippen LogP contribution < -0.4 is 11.3 Å². The van der Waals surface area contributed by atoms with Crippen molar-refractivity contribution in [1.29, 1.82) is 0 Å². The number of nitrogens with zero attached hydrogens (tertiary/aromatic N) is 1. The van der Waals surface area contributed by atoms with Gasteiger partial charge >= 0.3 is 0 Å². The van der Waals surface area contributed by atoms with Crippen molar-refractivity contribution < 1.29 is 9.18 Å². The van der Waals surface area contributed by atoms with Crippen LogP contribution in [0, 0.1) is 5.82 Å². The van der Waals surface area contributed by atoms with Gasteiger partial charge in [-0.1, -0.05) is 0 Å². The van der Waals surface area contributed by atoms with E-state index in [1.807, 2.05) is 23.4 Å². The summed E-state index contributed by atoms with van der Waals surface area (Å²) in [5.74, 6) is 4.33. The smallest absolute Gasteiger partial charge is 0.265 e. The first-order chi connectivity index (χ1) is 9.99. The summed E-state index contributed by atoms with van der Waals surface area (Å²) in [5.41, 5.74) is 4.02. The maximum Gasteiger partial charge on any atom is 0.265 e. The monoisotopic (exact) mass is 371 g/mol. The molecular formula is C14H15BrFN3OS. The normalized spacial score (nSPS) is 10.9. The van der Waals surface area contributed by atoms with Crippen LogP contribution in [0.15, 0.2) is 33.4 Å². The number of nitrogens with one attached hydrogen (secondary N) is 1. The van der Waals surface area contributed by atoms with Crippen molar-refractivity contribution in [3.63, 3.8) is 0 Å². The van der Waals surface area contributed by atoms with E-state index >= 15 is 0 Å². The minimum absolute atomic E-state index is 0.332. The number of hydrogen-bond donors (Lipinski definition) is 2. The third kappa shape index (κ3) is 4.34. The van der Waals surface area contributed by atoms with Gasteiger partial charge in [-0.3, -0.25) is 15.1 Å². The van der Waals surface area contributed by atoms with Crippen LogP contribution in [0.25, 0.3) is 0 Å². The third-order valence-electron chi connectivity index (χ3n) is 2.95. The number of thiophene rings is 1. The first kappa shape index (κ1) is 16.1. The molecule has 0 aliphatic carbocycles. The quantitative estimate of drug-likeness (QED) is 0.482. The molecule has 4 nitrogen and oxygen atoms in total. The molecule has 112 valence electrons. The average molecular weight is 372 g/mol. The van der Waals surface area contributed by atoms with Crippen LogP contribution in [0.1, 0.15) is 21.5 Å². The Kier molecular flexibility index (Phi) is 5.46. The van der Waals surface area contributed by atoms with Gasteiger partial charge in [0.25, 0.3) is 5.91 Å². The van der Waals surface area contributed by atoms with Crippen molar-refractivity contribution in [2.75, 3.05) is 7.05 Å². The molecule has 0 aliphatic heterocycles. The highest BCUT2D eigenvalue weighted by atomic mass is 79.9. The van der Waals surface area contributed by atoms with Crippen LogP contribution in [-0.2, 0) is 13.1 Å². The van der Waals surface area contributed by atoms with Crippen molar-refractivity contribution >= 4 is 33.2 Å². The Balaban J connectivity index is 2.09. The lowest BCUT2D eigenvalue weighted by atomic mass is 10.1. The second kappa shape index (κ2) is 7.13. The lowest BCUT2D eigenvalue weighted by Gasteiger charge is -2.17. The number of nitrogen functional groups attached to an aromatic ring is 1. The molecule has 21 heavy (non-hydrogen) atoms. The number of carbonyl (C=O) groups is 1. The number of hydrazine groups is 1. The molecule has 1 aromatic carbocycles. The van der Waals surface area contributed by atoms with Gasteiger partial charge in [-0.15, -0.1) is 11.3 Å². The molecule has 1 aromatic heterocycles. The van der Waals surface area contributed by atoms with Crippen LogP contribution in [-0.4, -0.2) is 17.9 Å². The molecule has 2 aromatic rings. The molecule has 2 rings (SSSR count). The first-order valence-corrected chi connectivity index (χ1v) is 7.87. The van der Waals surface area contributed by atoms with Crippen LogP contribution in [0.3, 0.4) is 0 Å². The molecule has 0 atom stereocenters. The van der Waals surface area contributed by atoms with E-state index in [9.17, 15) is 9.18 Å². The zero-order valence-electron chi connectivity index (χ0n) is 11.4. The zero-order chi connectivity index (χ0) is 15.4. The summed E-state index contributed by atoms with van der Waals surface area (Å²) in [4.78, 5) is 13.5. The lowest BCUT2D eigenvalue weighted by Crippen LogP contribution is -2.30. The van der Waals surface area contributed by atoms with Crippen molar-refractivity contribution in [3.8, 4) is 0 Å². The van der Waals surface area contributed by atoms with Gasteiger partial charge in [0.05, 0.1) is 3.79 Å². The largest absolute Gasteiger partial charge is 0.298 e. The standard InChI is InChI=1S/C14H15BrFN3OS/c1-19(6-9-4-13(15)21-8-9)7-11-5-10(14(20)18-17)2-3-12(11)16/h2-5,8H,6-7,17H2,1H3,(H,18,20). The summed E-state index contributed by atoms with van der Waals surface area (Å²) in [6.07, 6.45) is 0. The highest BCUT2D eigenvalue weighted by molar-refractivity contribution is 9.11. The van der Waals surface area contributed by atoms with Gasteiger partial charge < -0.3 is 0 Å². The molecule has 0 spiro atoms. The summed E-state index contributed by atoms with van der Waals surface area (Å²) >= 11 is 5.03. The number of halogens is 2. The van der Waals surface area contributed by atoms with Gasteiger partial charge in [-0.05, 0) is 58.2 Å². The summed E-state index contributed by atoms with van der Waals surface area (Å²) in [5, 5.41) is 2.05. The second-order valence-corrected chi connectivity index (χ2v) is 7.00. The second-order valence-electron chi connectivity index (χ2n) is 4.71. The first-order valence-electron chi connectivity index (χ1n) is 6.20. The molecular weight excluding hydrogens is 357 g/mol. The summed E-state index contributed by atoms with van der Waals surface area (Å²) in [7, 11) is 1.90. The van der Waals surface area contributed by atoms with Gasteiger partial charge in [0.1, 0.15) is 5.82 Å². The molecule has 3 N–H and O–H groups in total. The summed E-state index contributed by atoms with van der Waals surface area (Å²) in [6, 6.07) is 6.26. The van der Waals surface area contributed by atoms with E-state index in [0.29, 0.717) is 24.2 Å². The topological polar surface area (TPSA) is 58.4 Å². The van der Waals surface area contributed by atoms with Crippen molar-refractivity contribution in [3.05, 3.63) is 55.9 Å². The maximum absolute atomic E-state index is 13.8. The minimum atomic E-state index is -0.430. The Labute approximate surface area is 134 Å². The molecule has 1 heterocycles. The lowest BCUT2D eigenvalue weighted by molar-refractivity contribution is 0.0953. The van der Waals surface area contributed by atoms with Crippen LogP contribution in [0.4, 0.5) is 4.39 Å². The molecule has 0 radical (unpaired) electrons. The molecule has 0 fully saturated rings. The van der Waals surface area contributed by atoms with Crippen LogP contribution in [0.2, 0.25) is 0 Å². The Bertz CT molecular complexity index is 647. The highest BCUT2D eigenvalue weighted by Gasteiger charge is 2.11. The molecule has 0 saturated carbocycles. The predicted molar refractivity (Wildman–Crippen MR) is 85.2 cm³/mol. The molecule has 1 amide bonds. The fourth-order valence-electron chi connectivity index (χ4n) is 2.01. The van der Waals surface area contributed by atoms with E-state index in [1.54, 1.807) is 11.3 Å². The highest BCUT2D eigenvalue weighted by Crippen LogP contribution is 2.22. The number of nitrogens with two attached hydrogens (primary N) is 1. The predicted octanol–water partition coefficient (Wildman–Crippen LogP) is 2.89. The van der Waals surface area contributed by atoms with E-state index in [1.165, 1.54) is 18.2 Å². The van der Waals surface area contributed by atoms with E-state index in [4.69, 9.17) is 5.84 Å². The van der Waals surface area contributed by atoms with Gasteiger partial charge in [0, 0.05) is 24.2 Å². The van der Waals surface area contributed by atoms with Gasteiger partial charge in [-0.25, -0.2) is 10.2 Å². The van der Waals surface area contributed by atoms with E-state index < -0.39 is 5.91 Å².